The molecule has 0 bridgehead atoms. The van der Waals surface area contributed by atoms with Crippen molar-refractivity contribution in [2.45, 2.75) is 24.8 Å². The lowest BCUT2D eigenvalue weighted by molar-refractivity contribution is 0.198. The Morgan fingerprint density at radius 2 is 2.12 bits per heavy atom. The highest BCUT2D eigenvalue weighted by molar-refractivity contribution is 7.89. The predicted octanol–water partition coefficient (Wildman–Crippen LogP) is 1.31. The molecule has 16 heavy (non-hydrogen) atoms. The molecule has 1 atom stereocenters. The lowest BCUT2D eigenvalue weighted by atomic mass is 10.2. The lowest BCUT2D eigenvalue weighted by Gasteiger charge is -2.10. The van der Waals surface area contributed by atoms with Crippen LogP contribution in [0.25, 0.3) is 0 Å². The van der Waals surface area contributed by atoms with E-state index in [-0.39, 0.29) is 11.4 Å². The third-order valence-electron chi connectivity index (χ3n) is 2.01. The van der Waals surface area contributed by atoms with Crippen LogP contribution in [-0.2, 0) is 10.0 Å². The van der Waals surface area contributed by atoms with E-state index >= 15 is 0 Å². The van der Waals surface area contributed by atoms with Crippen molar-refractivity contribution >= 4 is 21.6 Å². The van der Waals surface area contributed by atoms with E-state index in [0.29, 0.717) is 10.6 Å². The van der Waals surface area contributed by atoms with Crippen LogP contribution in [0.1, 0.15) is 12.5 Å². The zero-order valence-electron chi connectivity index (χ0n) is 9.07. The Bertz CT molecular complexity index is 471. The van der Waals surface area contributed by atoms with Gasteiger partial charge in [-0.2, -0.15) is 0 Å². The molecule has 1 aromatic carbocycles. The van der Waals surface area contributed by atoms with Crippen LogP contribution >= 0.6 is 11.6 Å². The monoisotopic (exact) mass is 263 g/mol. The summed E-state index contributed by atoms with van der Waals surface area (Å²) < 4.78 is 26.0. The minimum absolute atomic E-state index is 0.0196. The maximum absolute atomic E-state index is 11.8. The van der Waals surface area contributed by atoms with Gasteiger partial charge < -0.3 is 5.11 Å². The van der Waals surface area contributed by atoms with Gasteiger partial charge in [0, 0.05) is 11.6 Å². The molecule has 0 amide bonds. The molecule has 0 fully saturated rings. The maximum Gasteiger partial charge on any atom is 0.240 e. The summed E-state index contributed by atoms with van der Waals surface area (Å²) in [5.41, 5.74) is 0.613. The number of sulfonamides is 1. The Labute approximate surface area is 100 Å². The second kappa shape index (κ2) is 5.14. The SMILES string of the molecule is Cc1ccc(Cl)cc1S(=O)(=O)NC[C@@H](C)O. The molecule has 1 rings (SSSR count). The molecule has 0 aromatic heterocycles. The number of aliphatic hydroxyl groups excluding tert-OH is 1. The summed E-state index contributed by atoms with van der Waals surface area (Å²) in [7, 11) is -3.60. The first-order chi connectivity index (χ1) is 7.33. The standard InChI is InChI=1S/C10H14ClNO3S/c1-7-3-4-9(11)5-10(7)16(14,15)12-6-8(2)13/h3-5,8,12-13H,6H2,1-2H3/t8-/m1/s1. The van der Waals surface area contributed by atoms with Gasteiger partial charge in [-0.15, -0.1) is 0 Å². The van der Waals surface area contributed by atoms with E-state index in [2.05, 4.69) is 4.72 Å². The molecular weight excluding hydrogens is 250 g/mol. The summed E-state index contributed by atoms with van der Waals surface area (Å²) in [4.78, 5) is 0.139. The molecular formula is C10H14ClNO3S. The van der Waals surface area contributed by atoms with Crippen LogP contribution in [0.2, 0.25) is 5.02 Å². The Morgan fingerprint density at radius 1 is 1.50 bits per heavy atom. The number of hydrogen-bond acceptors (Lipinski definition) is 3. The summed E-state index contributed by atoms with van der Waals surface area (Å²) in [6.07, 6.45) is -0.728. The number of hydrogen-bond donors (Lipinski definition) is 2. The third kappa shape index (κ3) is 3.45. The molecule has 0 unspecified atom stereocenters. The van der Waals surface area contributed by atoms with Crippen LogP contribution in [0.4, 0.5) is 0 Å². The van der Waals surface area contributed by atoms with Crippen molar-refractivity contribution in [3.63, 3.8) is 0 Å². The first kappa shape index (κ1) is 13.4. The molecule has 0 saturated carbocycles. The van der Waals surface area contributed by atoms with Crippen molar-refractivity contribution in [3.8, 4) is 0 Å². The van der Waals surface area contributed by atoms with Gasteiger partial charge in [-0.3, -0.25) is 0 Å². The molecule has 0 aliphatic rings. The molecule has 0 radical (unpaired) electrons. The van der Waals surface area contributed by atoms with Gasteiger partial charge in [0.2, 0.25) is 10.0 Å². The van der Waals surface area contributed by atoms with Crippen molar-refractivity contribution in [2.75, 3.05) is 6.54 Å². The molecule has 90 valence electrons. The average molecular weight is 264 g/mol. The summed E-state index contributed by atoms with van der Waals surface area (Å²) >= 11 is 5.74. The van der Waals surface area contributed by atoms with Crippen molar-refractivity contribution < 1.29 is 13.5 Å². The van der Waals surface area contributed by atoms with Gasteiger partial charge >= 0.3 is 0 Å². The molecule has 0 heterocycles. The topological polar surface area (TPSA) is 66.4 Å². The second-order valence-electron chi connectivity index (χ2n) is 3.61. The van der Waals surface area contributed by atoms with Crippen molar-refractivity contribution in [2.24, 2.45) is 0 Å². The van der Waals surface area contributed by atoms with Gasteiger partial charge in [-0.25, -0.2) is 13.1 Å². The van der Waals surface area contributed by atoms with Crippen LogP contribution in [0, 0.1) is 6.92 Å². The normalized spacial score (nSPS) is 13.8. The zero-order valence-corrected chi connectivity index (χ0v) is 10.6. The fraction of sp³-hybridized carbons (Fsp3) is 0.400. The van der Waals surface area contributed by atoms with Gasteiger partial charge in [0.05, 0.1) is 11.0 Å². The van der Waals surface area contributed by atoms with E-state index in [4.69, 9.17) is 16.7 Å². The molecule has 0 aliphatic heterocycles. The summed E-state index contributed by atoms with van der Waals surface area (Å²) in [5, 5.41) is 9.40. The van der Waals surface area contributed by atoms with Crippen LogP contribution in [0.5, 0.6) is 0 Å². The fourth-order valence-electron chi connectivity index (χ4n) is 1.17. The van der Waals surface area contributed by atoms with E-state index in [1.54, 1.807) is 19.1 Å². The molecule has 0 aliphatic carbocycles. The first-order valence-electron chi connectivity index (χ1n) is 4.77. The molecule has 0 saturated heterocycles. The Kier molecular flexibility index (Phi) is 4.32. The molecule has 6 heteroatoms. The third-order valence-corrected chi connectivity index (χ3v) is 3.81. The number of rotatable bonds is 4. The Balaban J connectivity index is 3.02. The van der Waals surface area contributed by atoms with E-state index in [9.17, 15) is 8.42 Å². The first-order valence-corrected chi connectivity index (χ1v) is 6.63. The smallest absolute Gasteiger partial charge is 0.240 e. The Morgan fingerprint density at radius 3 is 2.69 bits per heavy atom. The highest BCUT2D eigenvalue weighted by atomic mass is 35.5. The van der Waals surface area contributed by atoms with E-state index in [0.717, 1.165) is 0 Å². The van der Waals surface area contributed by atoms with E-state index < -0.39 is 16.1 Å². The second-order valence-corrected chi connectivity index (χ2v) is 5.78. The maximum atomic E-state index is 11.8. The Hall–Kier alpha value is -0.620. The number of nitrogens with one attached hydrogen (secondary N) is 1. The van der Waals surface area contributed by atoms with Gasteiger partial charge in [-0.1, -0.05) is 17.7 Å². The highest BCUT2D eigenvalue weighted by Crippen LogP contribution is 2.19. The minimum Gasteiger partial charge on any atom is -0.392 e. The van der Waals surface area contributed by atoms with Crippen LogP contribution in [0.3, 0.4) is 0 Å². The zero-order chi connectivity index (χ0) is 12.3. The minimum atomic E-state index is -3.60. The molecule has 4 nitrogen and oxygen atoms in total. The summed E-state index contributed by atoms with van der Waals surface area (Å²) in [6.45, 7) is 3.18. The lowest BCUT2D eigenvalue weighted by Crippen LogP contribution is -2.31. The molecule has 1 aromatic rings. The van der Waals surface area contributed by atoms with Crippen molar-refractivity contribution in [1.82, 2.24) is 4.72 Å². The highest BCUT2D eigenvalue weighted by Gasteiger charge is 2.17. The van der Waals surface area contributed by atoms with Crippen molar-refractivity contribution in [1.29, 1.82) is 0 Å². The summed E-state index contributed by atoms with van der Waals surface area (Å²) in [6, 6.07) is 4.66. The molecule has 2 N–H and O–H groups in total. The van der Waals surface area contributed by atoms with Crippen molar-refractivity contribution in [3.05, 3.63) is 28.8 Å². The number of aryl methyl sites for hydroxylation is 1. The number of halogens is 1. The van der Waals surface area contributed by atoms with Gasteiger partial charge in [0.15, 0.2) is 0 Å². The van der Waals surface area contributed by atoms with Crippen LogP contribution in [-0.4, -0.2) is 26.2 Å². The molecule has 0 spiro atoms. The van der Waals surface area contributed by atoms with E-state index in [1.165, 1.54) is 13.0 Å². The van der Waals surface area contributed by atoms with E-state index in [1.807, 2.05) is 0 Å². The summed E-state index contributed by atoms with van der Waals surface area (Å²) in [5.74, 6) is 0. The van der Waals surface area contributed by atoms with Crippen LogP contribution in [0.15, 0.2) is 23.1 Å². The van der Waals surface area contributed by atoms with Gasteiger partial charge in [-0.05, 0) is 31.5 Å². The van der Waals surface area contributed by atoms with Gasteiger partial charge in [0.25, 0.3) is 0 Å². The number of aliphatic hydroxyl groups is 1. The largest absolute Gasteiger partial charge is 0.392 e. The van der Waals surface area contributed by atoms with Gasteiger partial charge in [0.1, 0.15) is 0 Å². The predicted molar refractivity (Wildman–Crippen MR) is 63.1 cm³/mol. The van der Waals surface area contributed by atoms with Crippen LogP contribution < -0.4 is 4.72 Å². The quantitative estimate of drug-likeness (QED) is 0.861. The average Bonchev–Trinajstić information content (AvgIpc) is 2.19. The number of benzene rings is 1. The fourth-order valence-corrected chi connectivity index (χ4v) is 2.80.